The molecule has 0 heterocycles. The van der Waals surface area contributed by atoms with E-state index < -0.39 is 22.6 Å². The number of ketones is 1. The summed E-state index contributed by atoms with van der Waals surface area (Å²) in [5, 5.41) is 0. The first-order valence-electron chi connectivity index (χ1n) is 5.51. The smallest absolute Gasteiger partial charge is 0.341 e. The van der Waals surface area contributed by atoms with Crippen molar-refractivity contribution >= 4 is 28.4 Å². The Morgan fingerprint density at radius 1 is 1.00 bits per heavy atom. The van der Waals surface area contributed by atoms with Gasteiger partial charge in [0.25, 0.3) is 0 Å². The Morgan fingerprint density at radius 3 is 1.88 bits per heavy atom. The molecule has 0 aliphatic rings. The fraction of sp³-hybridized carbons (Fsp3) is 0.800. The highest BCUT2D eigenvalue weighted by Crippen LogP contribution is 2.22. The maximum Gasteiger partial charge on any atom is 0.341 e. The summed E-state index contributed by atoms with van der Waals surface area (Å²) in [5.41, 5.74) is 0. The van der Waals surface area contributed by atoms with Gasteiger partial charge < -0.3 is 8.91 Å². The zero-order chi connectivity index (χ0) is 13.7. The number of Topliss-reactive ketones (excluding diaryl/α,β-unsaturated/α-hetero) is 1. The molecule has 0 aromatic rings. The van der Waals surface area contributed by atoms with E-state index in [-0.39, 0.29) is 11.8 Å². The Balaban J connectivity index is 4.41. The zero-order valence-corrected chi connectivity index (χ0v) is 13.5. The lowest BCUT2D eigenvalue weighted by Gasteiger charge is -2.32. The number of carbonyl (C=O) groups is 2. The zero-order valence-electron chi connectivity index (χ0n) is 11.5. The number of hydrogen-bond donors (Lipinski definition) is 0. The highest BCUT2D eigenvalue weighted by Gasteiger charge is 2.36. The summed E-state index contributed by atoms with van der Waals surface area (Å²) in [6.07, 6.45) is 0. The SMILES string of the molecule is COOC(=O)C[Si](C)(C)O[Si](C)(C)CC(C)=O. The van der Waals surface area contributed by atoms with Crippen LogP contribution in [0.5, 0.6) is 0 Å². The molecule has 0 aromatic heterocycles. The molecule has 17 heavy (non-hydrogen) atoms. The van der Waals surface area contributed by atoms with E-state index in [1.807, 2.05) is 26.2 Å². The average Bonchev–Trinajstić information content (AvgIpc) is 1.96. The van der Waals surface area contributed by atoms with Crippen molar-refractivity contribution < 1.29 is 23.5 Å². The number of carbonyl (C=O) groups excluding carboxylic acids is 2. The van der Waals surface area contributed by atoms with E-state index in [0.29, 0.717) is 6.04 Å². The van der Waals surface area contributed by atoms with Gasteiger partial charge in [-0.2, -0.15) is 4.89 Å². The molecule has 0 atom stereocenters. The Kier molecular flexibility index (Phi) is 6.24. The molecule has 0 aromatic carbocycles. The van der Waals surface area contributed by atoms with Crippen molar-refractivity contribution in [2.75, 3.05) is 7.11 Å². The van der Waals surface area contributed by atoms with Crippen molar-refractivity contribution in [1.29, 1.82) is 0 Å². The summed E-state index contributed by atoms with van der Waals surface area (Å²) in [6, 6.07) is 0.706. The van der Waals surface area contributed by atoms with Gasteiger partial charge in [-0.3, -0.25) is 4.89 Å². The predicted molar refractivity (Wildman–Crippen MR) is 69.4 cm³/mol. The van der Waals surface area contributed by atoms with Gasteiger partial charge in [0.2, 0.25) is 0 Å². The van der Waals surface area contributed by atoms with Crippen LogP contribution in [-0.2, 0) is 23.5 Å². The summed E-state index contributed by atoms with van der Waals surface area (Å²) in [7, 11) is -2.89. The van der Waals surface area contributed by atoms with Crippen LogP contribution in [0.3, 0.4) is 0 Å². The molecule has 0 rings (SSSR count). The lowest BCUT2D eigenvalue weighted by molar-refractivity contribution is -0.252. The highest BCUT2D eigenvalue weighted by molar-refractivity contribution is 6.87. The van der Waals surface area contributed by atoms with Crippen LogP contribution in [0, 0.1) is 0 Å². The Hall–Kier alpha value is -0.506. The number of hydrogen-bond acceptors (Lipinski definition) is 5. The minimum atomic E-state index is -2.15. The summed E-state index contributed by atoms with van der Waals surface area (Å²) >= 11 is 0. The van der Waals surface area contributed by atoms with Crippen molar-refractivity contribution in [2.24, 2.45) is 0 Å². The van der Waals surface area contributed by atoms with Gasteiger partial charge >= 0.3 is 5.97 Å². The lowest BCUT2D eigenvalue weighted by Crippen LogP contribution is -2.46. The number of rotatable bonds is 7. The highest BCUT2D eigenvalue weighted by atomic mass is 28.4. The molecule has 0 amide bonds. The summed E-state index contributed by atoms with van der Waals surface area (Å²) in [6.45, 7) is 9.43. The van der Waals surface area contributed by atoms with E-state index in [1.54, 1.807) is 6.92 Å². The minimum Gasteiger partial charge on any atom is -0.455 e. The second kappa shape index (κ2) is 6.43. The molecule has 0 aliphatic heterocycles. The van der Waals surface area contributed by atoms with Gasteiger partial charge in [-0.25, -0.2) is 4.79 Å². The molecule has 0 spiro atoms. The molecule has 0 radical (unpaired) electrons. The summed E-state index contributed by atoms with van der Waals surface area (Å²) in [4.78, 5) is 31.2. The van der Waals surface area contributed by atoms with Crippen LogP contribution in [0.1, 0.15) is 6.92 Å². The van der Waals surface area contributed by atoms with Crippen molar-refractivity contribution in [1.82, 2.24) is 0 Å². The maximum absolute atomic E-state index is 11.3. The molecule has 0 bridgehead atoms. The fourth-order valence-corrected chi connectivity index (χ4v) is 10.4. The first-order valence-corrected chi connectivity index (χ1v) is 11.7. The molecule has 0 unspecified atom stereocenters. The Morgan fingerprint density at radius 2 is 1.47 bits per heavy atom. The Bertz CT molecular complexity index is 288. The monoisotopic (exact) mass is 278 g/mol. The van der Waals surface area contributed by atoms with Crippen LogP contribution in [0.15, 0.2) is 0 Å². The van der Waals surface area contributed by atoms with Crippen LogP contribution in [-0.4, -0.2) is 35.5 Å². The molecule has 0 aliphatic carbocycles. The average molecular weight is 278 g/mol. The summed E-state index contributed by atoms with van der Waals surface area (Å²) < 4.78 is 6.05. The predicted octanol–water partition coefficient (Wildman–Crippen LogP) is 2.11. The minimum absolute atomic E-state index is 0.130. The van der Waals surface area contributed by atoms with E-state index in [2.05, 4.69) is 9.78 Å². The van der Waals surface area contributed by atoms with Crippen molar-refractivity contribution in [3.05, 3.63) is 0 Å². The van der Waals surface area contributed by atoms with Gasteiger partial charge in [-0.1, -0.05) is 0 Å². The molecule has 0 fully saturated rings. The molecule has 5 nitrogen and oxygen atoms in total. The van der Waals surface area contributed by atoms with Crippen molar-refractivity contribution in [2.45, 2.75) is 45.2 Å². The van der Waals surface area contributed by atoms with E-state index in [1.165, 1.54) is 7.11 Å². The van der Waals surface area contributed by atoms with E-state index in [0.717, 1.165) is 0 Å². The molecular formula is C10H22O5Si2. The molecule has 0 saturated carbocycles. The quantitative estimate of drug-likeness (QED) is 0.405. The lowest BCUT2D eigenvalue weighted by atomic mass is 10.5. The normalized spacial score (nSPS) is 12.4. The molecule has 100 valence electrons. The molecule has 0 N–H and O–H groups in total. The van der Waals surface area contributed by atoms with Gasteiger partial charge in [-0.15, -0.1) is 0 Å². The van der Waals surface area contributed by atoms with Crippen molar-refractivity contribution in [3.8, 4) is 0 Å². The topological polar surface area (TPSA) is 61.8 Å². The first-order chi connectivity index (χ1) is 7.58. The molecular weight excluding hydrogens is 256 g/mol. The maximum atomic E-state index is 11.3. The van der Waals surface area contributed by atoms with Gasteiger partial charge in [0.1, 0.15) is 5.78 Å². The van der Waals surface area contributed by atoms with Gasteiger partial charge in [0, 0.05) is 6.04 Å². The van der Waals surface area contributed by atoms with E-state index in [4.69, 9.17) is 4.12 Å². The van der Waals surface area contributed by atoms with Crippen molar-refractivity contribution in [3.63, 3.8) is 0 Å². The van der Waals surface area contributed by atoms with Crippen LogP contribution < -0.4 is 0 Å². The van der Waals surface area contributed by atoms with Crippen LogP contribution >= 0.6 is 0 Å². The first kappa shape index (κ1) is 16.5. The summed E-state index contributed by atoms with van der Waals surface area (Å²) in [5.74, 6) is -0.289. The van der Waals surface area contributed by atoms with Gasteiger partial charge in [0.15, 0.2) is 16.6 Å². The Labute approximate surface area is 105 Å². The van der Waals surface area contributed by atoms with Gasteiger partial charge in [0.05, 0.1) is 13.2 Å². The molecule has 0 saturated heterocycles. The van der Waals surface area contributed by atoms with Crippen LogP contribution in [0.2, 0.25) is 38.3 Å². The van der Waals surface area contributed by atoms with E-state index in [9.17, 15) is 9.59 Å². The second-order valence-corrected chi connectivity index (χ2v) is 13.9. The molecule has 7 heteroatoms. The third kappa shape index (κ3) is 8.25. The van der Waals surface area contributed by atoms with Crippen LogP contribution in [0.25, 0.3) is 0 Å². The third-order valence-corrected chi connectivity index (χ3v) is 8.88. The fourth-order valence-electron chi connectivity index (χ4n) is 1.89. The van der Waals surface area contributed by atoms with Gasteiger partial charge in [-0.05, 0) is 33.1 Å². The third-order valence-electron chi connectivity index (χ3n) is 1.97. The van der Waals surface area contributed by atoms with E-state index >= 15 is 0 Å². The largest absolute Gasteiger partial charge is 0.455 e. The van der Waals surface area contributed by atoms with Crippen LogP contribution in [0.4, 0.5) is 0 Å². The standard InChI is InChI=1S/C10H22O5Si2/c1-9(11)7-16(3,4)15-17(5,6)8-10(12)14-13-2/h7-8H2,1-6H3. The second-order valence-electron chi connectivity index (χ2n) is 5.30.